The second-order valence-corrected chi connectivity index (χ2v) is 7.74. The van der Waals surface area contributed by atoms with E-state index in [1.54, 1.807) is 0 Å². The van der Waals surface area contributed by atoms with Crippen LogP contribution >= 0.6 is 0 Å². The molecule has 2 heterocycles. The van der Waals surface area contributed by atoms with Gasteiger partial charge in [0.25, 0.3) is 0 Å². The number of benzene rings is 2. The van der Waals surface area contributed by atoms with E-state index < -0.39 is 12.3 Å². The van der Waals surface area contributed by atoms with Gasteiger partial charge in [-0.3, -0.25) is 14.9 Å². The maximum Gasteiger partial charge on any atom is 0.409 e. The van der Waals surface area contributed by atoms with Crippen LogP contribution in [0.1, 0.15) is 48.2 Å². The Morgan fingerprint density at radius 3 is 2.63 bits per heavy atom. The third-order valence-electron chi connectivity index (χ3n) is 5.73. The van der Waals surface area contributed by atoms with Crippen LogP contribution in [-0.4, -0.2) is 33.2 Å². The number of nitrogens with zero attached hydrogens (tertiary/aromatic N) is 4. The Morgan fingerprint density at radius 2 is 1.87 bits per heavy atom. The number of ether oxygens (including phenoxy) is 1. The second-order valence-electron chi connectivity index (χ2n) is 7.74. The minimum atomic E-state index is -0.706. The number of hydrogen-bond donors (Lipinski definition) is 1. The molecule has 0 saturated heterocycles. The highest BCUT2D eigenvalue weighted by molar-refractivity contribution is 6.15. The van der Waals surface area contributed by atoms with Crippen molar-refractivity contribution in [3.8, 4) is 5.69 Å². The Hall–Kier alpha value is -3.48. The molecule has 30 heavy (non-hydrogen) atoms. The smallest absolute Gasteiger partial charge is 0.409 e. The van der Waals surface area contributed by atoms with E-state index in [2.05, 4.69) is 15.5 Å². The Kier molecular flexibility index (Phi) is 4.78. The van der Waals surface area contributed by atoms with E-state index >= 15 is 0 Å². The lowest BCUT2D eigenvalue weighted by Gasteiger charge is -2.25. The molecule has 1 N–H and O–H groups in total. The number of alkyl carbamates (subject to hydrolysis) is 1. The van der Waals surface area contributed by atoms with E-state index in [-0.39, 0.29) is 0 Å². The minimum absolute atomic E-state index is 0.444. The standard InChI is InChI=1S/C23H23N5O2/c1-15-26-27-22-21(25-23(29)30-14-16-8-7-9-16)24-20(17-10-3-2-4-11-17)18-12-5-6-13-19(18)28(15)22/h2-6,10-13,16,21H,7-9,14H2,1H3,(H,25,29). The fraction of sp³-hybridized carbons (Fsp3) is 0.304. The number of amides is 1. The van der Waals surface area contributed by atoms with Gasteiger partial charge < -0.3 is 4.74 Å². The first-order valence-electron chi connectivity index (χ1n) is 10.3. The molecule has 2 aliphatic rings. The average Bonchev–Trinajstić information content (AvgIpc) is 3.05. The van der Waals surface area contributed by atoms with E-state index in [0.29, 0.717) is 18.3 Å². The van der Waals surface area contributed by atoms with E-state index in [1.165, 1.54) is 6.42 Å². The molecule has 1 aliphatic heterocycles. The van der Waals surface area contributed by atoms with Crippen molar-refractivity contribution in [2.24, 2.45) is 10.9 Å². The molecule has 1 amide bonds. The van der Waals surface area contributed by atoms with Gasteiger partial charge in [0.15, 0.2) is 12.0 Å². The number of hydrogen-bond acceptors (Lipinski definition) is 5. The molecule has 1 saturated carbocycles. The zero-order valence-corrected chi connectivity index (χ0v) is 16.8. The molecule has 152 valence electrons. The van der Waals surface area contributed by atoms with Crippen LogP contribution in [0.4, 0.5) is 4.79 Å². The van der Waals surface area contributed by atoms with Gasteiger partial charge in [0, 0.05) is 11.1 Å². The van der Waals surface area contributed by atoms with Crippen LogP contribution in [0.15, 0.2) is 59.6 Å². The number of aliphatic imine (C=N–C) groups is 1. The molecule has 0 radical (unpaired) electrons. The lowest BCUT2D eigenvalue weighted by Crippen LogP contribution is -2.32. The zero-order chi connectivity index (χ0) is 20.5. The molecule has 1 unspecified atom stereocenters. The van der Waals surface area contributed by atoms with Gasteiger partial charge in [-0.2, -0.15) is 0 Å². The molecule has 1 fully saturated rings. The van der Waals surface area contributed by atoms with E-state index in [1.807, 2.05) is 66.1 Å². The first-order chi connectivity index (χ1) is 14.7. The fourth-order valence-electron chi connectivity index (χ4n) is 3.91. The van der Waals surface area contributed by atoms with Crippen LogP contribution in [0, 0.1) is 12.8 Å². The number of nitrogens with one attached hydrogen (secondary N) is 1. The van der Waals surface area contributed by atoms with Crippen molar-refractivity contribution in [3.63, 3.8) is 0 Å². The number of carbonyl (C=O) groups excluding carboxylic acids is 1. The van der Waals surface area contributed by atoms with Gasteiger partial charge in [-0.05, 0) is 31.7 Å². The van der Waals surface area contributed by atoms with Crippen molar-refractivity contribution in [3.05, 3.63) is 77.4 Å². The van der Waals surface area contributed by atoms with E-state index in [0.717, 1.165) is 41.2 Å². The lowest BCUT2D eigenvalue weighted by atomic mass is 9.86. The predicted molar refractivity (Wildman–Crippen MR) is 113 cm³/mol. The maximum absolute atomic E-state index is 12.5. The largest absolute Gasteiger partial charge is 0.449 e. The molecule has 7 heteroatoms. The summed E-state index contributed by atoms with van der Waals surface area (Å²) in [6.07, 6.45) is 2.26. The second kappa shape index (κ2) is 7.74. The van der Waals surface area contributed by atoms with Crippen LogP contribution < -0.4 is 5.32 Å². The number of rotatable bonds is 4. The van der Waals surface area contributed by atoms with Crippen molar-refractivity contribution in [1.82, 2.24) is 20.1 Å². The highest BCUT2D eigenvalue weighted by Gasteiger charge is 2.29. The molecule has 0 spiro atoms. The van der Waals surface area contributed by atoms with Gasteiger partial charge in [0.2, 0.25) is 0 Å². The fourth-order valence-corrected chi connectivity index (χ4v) is 3.91. The summed E-state index contributed by atoms with van der Waals surface area (Å²) in [7, 11) is 0. The number of carbonyl (C=O) groups is 1. The van der Waals surface area contributed by atoms with Crippen LogP contribution in [0.5, 0.6) is 0 Å². The predicted octanol–water partition coefficient (Wildman–Crippen LogP) is 3.95. The topological polar surface area (TPSA) is 81.4 Å². The van der Waals surface area contributed by atoms with Gasteiger partial charge in [-0.1, -0.05) is 55.0 Å². The monoisotopic (exact) mass is 401 g/mol. The lowest BCUT2D eigenvalue weighted by molar-refractivity contribution is 0.101. The number of fused-ring (bicyclic) bond motifs is 3. The van der Waals surface area contributed by atoms with Crippen molar-refractivity contribution in [2.45, 2.75) is 32.4 Å². The normalized spacial score (nSPS) is 17.8. The van der Waals surface area contributed by atoms with Crippen molar-refractivity contribution in [1.29, 1.82) is 0 Å². The van der Waals surface area contributed by atoms with Gasteiger partial charge in [-0.15, -0.1) is 10.2 Å². The van der Waals surface area contributed by atoms with Gasteiger partial charge in [0.1, 0.15) is 5.82 Å². The van der Waals surface area contributed by atoms with Crippen LogP contribution in [0.2, 0.25) is 0 Å². The van der Waals surface area contributed by atoms with Crippen LogP contribution in [0.3, 0.4) is 0 Å². The summed E-state index contributed by atoms with van der Waals surface area (Å²) >= 11 is 0. The molecule has 7 nitrogen and oxygen atoms in total. The first kappa shape index (κ1) is 18.5. The summed E-state index contributed by atoms with van der Waals surface area (Å²) in [5.74, 6) is 1.77. The Bertz CT molecular complexity index is 1100. The summed E-state index contributed by atoms with van der Waals surface area (Å²) in [6.45, 7) is 2.34. The quantitative estimate of drug-likeness (QED) is 0.718. The Labute approximate surface area is 174 Å². The molecule has 1 atom stereocenters. The van der Waals surface area contributed by atoms with Gasteiger partial charge in [0.05, 0.1) is 18.0 Å². The molecule has 1 aliphatic carbocycles. The molecule has 3 aromatic rings. The minimum Gasteiger partial charge on any atom is -0.449 e. The third-order valence-corrected chi connectivity index (χ3v) is 5.73. The average molecular weight is 401 g/mol. The molecule has 1 aromatic heterocycles. The van der Waals surface area contributed by atoms with Crippen molar-refractivity contribution < 1.29 is 9.53 Å². The van der Waals surface area contributed by atoms with Crippen molar-refractivity contribution in [2.75, 3.05) is 6.61 Å². The number of aryl methyl sites for hydroxylation is 1. The maximum atomic E-state index is 12.5. The summed E-state index contributed by atoms with van der Waals surface area (Å²) in [4.78, 5) is 17.5. The Balaban J connectivity index is 1.55. The SMILES string of the molecule is Cc1nnc2n1-c1ccccc1C(c1ccccc1)=NC2NC(=O)OCC1CCC1. The highest BCUT2D eigenvalue weighted by Crippen LogP contribution is 2.30. The first-order valence-corrected chi connectivity index (χ1v) is 10.3. The number of aromatic nitrogens is 3. The summed E-state index contributed by atoms with van der Waals surface area (Å²) in [5.41, 5.74) is 3.65. The Morgan fingerprint density at radius 1 is 1.10 bits per heavy atom. The van der Waals surface area contributed by atoms with Crippen LogP contribution in [-0.2, 0) is 4.74 Å². The molecular formula is C23H23N5O2. The van der Waals surface area contributed by atoms with Gasteiger partial charge >= 0.3 is 6.09 Å². The molecule has 0 bridgehead atoms. The van der Waals surface area contributed by atoms with Gasteiger partial charge in [-0.25, -0.2) is 4.79 Å². The zero-order valence-electron chi connectivity index (χ0n) is 16.8. The third kappa shape index (κ3) is 3.36. The van der Waals surface area contributed by atoms with Crippen molar-refractivity contribution >= 4 is 11.8 Å². The number of para-hydroxylation sites is 1. The van der Waals surface area contributed by atoms with Crippen LogP contribution in [0.25, 0.3) is 5.69 Å². The molecule has 2 aromatic carbocycles. The summed E-state index contributed by atoms with van der Waals surface area (Å²) in [6, 6.07) is 18.0. The van der Waals surface area contributed by atoms with E-state index in [4.69, 9.17) is 9.73 Å². The summed E-state index contributed by atoms with van der Waals surface area (Å²) in [5, 5.41) is 11.5. The molecule has 5 rings (SSSR count). The summed E-state index contributed by atoms with van der Waals surface area (Å²) < 4.78 is 7.40. The highest BCUT2D eigenvalue weighted by atomic mass is 16.5. The molecular weight excluding hydrogens is 378 g/mol. The van der Waals surface area contributed by atoms with E-state index in [9.17, 15) is 4.79 Å².